The fourth-order valence-electron chi connectivity index (χ4n) is 3.81. The molecule has 7 nitrogen and oxygen atoms in total. The fourth-order valence-corrected chi connectivity index (χ4v) is 3.81. The van der Waals surface area contributed by atoms with E-state index < -0.39 is 35.1 Å². The molecule has 1 aliphatic heterocycles. The standard InChI is InChI=1S/C24H18F2N2O5/c1-32-17-6-3-7-18(33-2)19(17)22(29)20-21(13-5-4-10-27-12-13)28(24(31)23(20)30)14-8-9-15(25)16(26)11-14/h3-12,21,29H,1-2H3/b22-20+. The summed E-state index contributed by atoms with van der Waals surface area (Å²) < 4.78 is 38.2. The molecule has 1 amide bonds. The van der Waals surface area contributed by atoms with Crippen LogP contribution in [0.25, 0.3) is 5.76 Å². The molecule has 1 N–H and O–H groups in total. The minimum atomic E-state index is -1.19. The zero-order valence-electron chi connectivity index (χ0n) is 17.6. The third-order valence-corrected chi connectivity index (χ3v) is 5.29. The van der Waals surface area contributed by atoms with E-state index in [-0.39, 0.29) is 28.3 Å². The Kier molecular flexibility index (Phi) is 5.78. The van der Waals surface area contributed by atoms with Crippen LogP contribution in [0.15, 0.2) is 66.5 Å². The normalized spacial score (nSPS) is 17.3. The molecular formula is C24H18F2N2O5. The number of carbonyl (C=O) groups is 2. The van der Waals surface area contributed by atoms with Gasteiger partial charge in [0, 0.05) is 24.1 Å². The van der Waals surface area contributed by atoms with Crippen LogP contribution in [0.1, 0.15) is 17.2 Å². The Morgan fingerprint density at radius 1 is 1.00 bits per heavy atom. The molecule has 1 saturated heterocycles. The quantitative estimate of drug-likeness (QED) is 0.358. The van der Waals surface area contributed by atoms with Crippen LogP contribution in [-0.4, -0.2) is 36.0 Å². The lowest BCUT2D eigenvalue weighted by molar-refractivity contribution is -0.132. The number of methoxy groups -OCH3 is 2. The van der Waals surface area contributed by atoms with Gasteiger partial charge in [-0.2, -0.15) is 0 Å². The lowest BCUT2D eigenvalue weighted by Gasteiger charge is -2.25. The fraction of sp³-hybridized carbons (Fsp3) is 0.125. The average molecular weight is 452 g/mol. The number of nitrogens with zero attached hydrogens (tertiary/aromatic N) is 2. The van der Waals surface area contributed by atoms with Crippen molar-refractivity contribution in [3.8, 4) is 11.5 Å². The molecule has 1 aliphatic rings. The Hall–Kier alpha value is -4.27. The van der Waals surface area contributed by atoms with Crippen LogP contribution in [0.3, 0.4) is 0 Å². The molecule has 4 rings (SSSR count). The molecular weight excluding hydrogens is 434 g/mol. The van der Waals surface area contributed by atoms with E-state index in [4.69, 9.17) is 9.47 Å². The van der Waals surface area contributed by atoms with Gasteiger partial charge in [0.25, 0.3) is 11.7 Å². The molecule has 1 aromatic heterocycles. The molecule has 0 radical (unpaired) electrons. The summed E-state index contributed by atoms with van der Waals surface area (Å²) >= 11 is 0. The lowest BCUT2D eigenvalue weighted by atomic mass is 9.95. The van der Waals surface area contributed by atoms with E-state index in [1.165, 1.54) is 32.7 Å². The topological polar surface area (TPSA) is 89.0 Å². The number of hydrogen-bond donors (Lipinski definition) is 1. The van der Waals surface area contributed by atoms with Crippen LogP contribution in [0.5, 0.6) is 11.5 Å². The summed E-state index contributed by atoms with van der Waals surface area (Å²) in [4.78, 5) is 31.3. The van der Waals surface area contributed by atoms with Gasteiger partial charge < -0.3 is 14.6 Å². The number of ketones is 1. The van der Waals surface area contributed by atoms with E-state index in [0.717, 1.165) is 17.0 Å². The van der Waals surface area contributed by atoms with Crippen LogP contribution in [-0.2, 0) is 9.59 Å². The summed E-state index contributed by atoms with van der Waals surface area (Å²) in [6.07, 6.45) is 2.91. The van der Waals surface area contributed by atoms with Gasteiger partial charge >= 0.3 is 0 Å². The molecule has 9 heteroatoms. The largest absolute Gasteiger partial charge is 0.506 e. The van der Waals surface area contributed by atoms with Crippen molar-refractivity contribution in [2.24, 2.45) is 0 Å². The number of aliphatic hydroxyl groups excluding tert-OH is 1. The third kappa shape index (κ3) is 3.67. The molecule has 168 valence electrons. The Balaban J connectivity index is 2.01. The Morgan fingerprint density at radius 2 is 1.70 bits per heavy atom. The van der Waals surface area contributed by atoms with Crippen molar-refractivity contribution >= 4 is 23.1 Å². The van der Waals surface area contributed by atoms with Gasteiger partial charge in [-0.1, -0.05) is 12.1 Å². The van der Waals surface area contributed by atoms with Crippen molar-refractivity contribution in [3.63, 3.8) is 0 Å². The van der Waals surface area contributed by atoms with Crippen molar-refractivity contribution in [1.29, 1.82) is 0 Å². The molecule has 1 unspecified atom stereocenters. The van der Waals surface area contributed by atoms with Crippen molar-refractivity contribution in [1.82, 2.24) is 4.98 Å². The van der Waals surface area contributed by atoms with E-state index in [2.05, 4.69) is 4.98 Å². The van der Waals surface area contributed by atoms with E-state index in [1.54, 1.807) is 30.3 Å². The highest BCUT2D eigenvalue weighted by Crippen LogP contribution is 2.45. The van der Waals surface area contributed by atoms with Crippen LogP contribution >= 0.6 is 0 Å². The molecule has 33 heavy (non-hydrogen) atoms. The van der Waals surface area contributed by atoms with E-state index in [1.807, 2.05) is 0 Å². The summed E-state index contributed by atoms with van der Waals surface area (Å²) in [5.74, 6) is -4.46. The van der Waals surface area contributed by atoms with Gasteiger partial charge in [0.15, 0.2) is 11.6 Å². The second-order valence-electron chi connectivity index (χ2n) is 7.09. The first-order valence-corrected chi connectivity index (χ1v) is 9.76. The second-order valence-corrected chi connectivity index (χ2v) is 7.09. The average Bonchev–Trinajstić information content (AvgIpc) is 3.10. The van der Waals surface area contributed by atoms with Crippen molar-refractivity contribution in [2.45, 2.75) is 6.04 Å². The third-order valence-electron chi connectivity index (χ3n) is 5.29. The zero-order valence-corrected chi connectivity index (χ0v) is 17.6. The zero-order chi connectivity index (χ0) is 23.7. The van der Waals surface area contributed by atoms with Crippen LogP contribution in [0, 0.1) is 11.6 Å². The van der Waals surface area contributed by atoms with Gasteiger partial charge in [0.05, 0.1) is 25.8 Å². The minimum Gasteiger partial charge on any atom is -0.506 e. The number of amides is 1. The van der Waals surface area contributed by atoms with E-state index in [9.17, 15) is 23.5 Å². The SMILES string of the molecule is COc1cccc(OC)c1/C(O)=C1\C(=O)C(=O)N(c2ccc(F)c(F)c2)C1c1cccnc1. The number of rotatable bonds is 5. The number of halogens is 2. The van der Waals surface area contributed by atoms with E-state index >= 15 is 0 Å². The summed E-state index contributed by atoms with van der Waals surface area (Å²) in [6.45, 7) is 0. The first kappa shape index (κ1) is 21.9. The van der Waals surface area contributed by atoms with Crippen LogP contribution in [0.2, 0.25) is 0 Å². The maximum atomic E-state index is 14.0. The molecule has 3 aromatic rings. The number of hydrogen-bond acceptors (Lipinski definition) is 6. The Bertz CT molecular complexity index is 1250. The van der Waals surface area contributed by atoms with Gasteiger partial charge in [-0.25, -0.2) is 8.78 Å². The predicted octanol–water partition coefficient (Wildman–Crippen LogP) is 4.00. The van der Waals surface area contributed by atoms with Crippen molar-refractivity contribution in [3.05, 3.63) is 89.3 Å². The van der Waals surface area contributed by atoms with E-state index in [0.29, 0.717) is 5.56 Å². The maximum absolute atomic E-state index is 14.0. The number of benzene rings is 2. The molecule has 1 fully saturated rings. The highest BCUT2D eigenvalue weighted by molar-refractivity contribution is 6.51. The summed E-state index contributed by atoms with van der Waals surface area (Å²) in [5.41, 5.74) is 0.105. The lowest BCUT2D eigenvalue weighted by Crippen LogP contribution is -2.29. The molecule has 0 aliphatic carbocycles. The molecule has 2 heterocycles. The predicted molar refractivity (Wildman–Crippen MR) is 115 cm³/mol. The number of pyridine rings is 1. The summed E-state index contributed by atoms with van der Waals surface area (Å²) in [7, 11) is 2.76. The van der Waals surface area contributed by atoms with Gasteiger partial charge in [-0.05, 0) is 35.9 Å². The molecule has 0 spiro atoms. The molecule has 0 bridgehead atoms. The monoisotopic (exact) mass is 452 g/mol. The number of anilines is 1. The highest BCUT2D eigenvalue weighted by atomic mass is 19.2. The number of aliphatic hydroxyl groups is 1. The van der Waals surface area contributed by atoms with Crippen LogP contribution in [0.4, 0.5) is 14.5 Å². The molecule has 1 atom stereocenters. The number of Topliss-reactive ketones (excluding diaryl/α,β-unsaturated/α-hetero) is 1. The first-order valence-electron chi connectivity index (χ1n) is 9.76. The van der Waals surface area contributed by atoms with Gasteiger partial charge in [0.2, 0.25) is 0 Å². The van der Waals surface area contributed by atoms with Crippen molar-refractivity contribution in [2.75, 3.05) is 19.1 Å². The highest BCUT2D eigenvalue weighted by Gasteiger charge is 2.47. The van der Waals surface area contributed by atoms with Gasteiger partial charge in [0.1, 0.15) is 22.8 Å². The number of ether oxygens (including phenoxy) is 2. The Labute approximate surface area is 187 Å². The summed E-state index contributed by atoms with van der Waals surface area (Å²) in [6, 6.07) is 9.61. The smallest absolute Gasteiger partial charge is 0.300 e. The van der Waals surface area contributed by atoms with Crippen molar-refractivity contribution < 1.29 is 33.0 Å². The van der Waals surface area contributed by atoms with Gasteiger partial charge in [-0.3, -0.25) is 19.5 Å². The molecule has 0 saturated carbocycles. The second kappa shape index (κ2) is 8.70. The maximum Gasteiger partial charge on any atom is 0.300 e. The number of carbonyl (C=O) groups excluding carboxylic acids is 2. The van der Waals surface area contributed by atoms with Gasteiger partial charge in [-0.15, -0.1) is 0 Å². The first-order chi connectivity index (χ1) is 15.9. The minimum absolute atomic E-state index is 0.0594. The van der Waals surface area contributed by atoms with Crippen LogP contribution < -0.4 is 14.4 Å². The Morgan fingerprint density at radius 3 is 2.27 bits per heavy atom. The summed E-state index contributed by atoms with van der Waals surface area (Å²) in [5, 5.41) is 11.3. The molecule has 2 aromatic carbocycles. The number of aromatic nitrogens is 1.